The number of carbonyl (C=O) groups is 2. The Hall–Kier alpha value is -1.12. The standard InChI is InChI=1S/C11H16O3/c1-3-9-8(4-6-10(9)12)5-7-11(13)14-2/h3-7H2,1-2H3. The molecule has 0 radical (unpaired) electrons. The second-order valence-corrected chi connectivity index (χ2v) is 3.43. The van der Waals surface area contributed by atoms with Crippen molar-refractivity contribution in [2.75, 3.05) is 7.11 Å². The summed E-state index contributed by atoms with van der Waals surface area (Å²) in [6.45, 7) is 1.98. The first kappa shape index (κ1) is 11.0. The molecule has 0 amide bonds. The van der Waals surface area contributed by atoms with Crippen LogP contribution in [0.15, 0.2) is 11.1 Å². The molecule has 1 aliphatic rings. The van der Waals surface area contributed by atoms with Crippen molar-refractivity contribution in [2.45, 2.75) is 39.0 Å². The van der Waals surface area contributed by atoms with E-state index >= 15 is 0 Å². The molecule has 14 heavy (non-hydrogen) atoms. The Morgan fingerprint density at radius 3 is 2.71 bits per heavy atom. The number of methoxy groups -OCH3 is 1. The fraction of sp³-hybridized carbons (Fsp3) is 0.636. The SMILES string of the molecule is CCC1=C(CCC(=O)OC)CCC1=O. The van der Waals surface area contributed by atoms with E-state index in [1.165, 1.54) is 7.11 Å². The van der Waals surface area contributed by atoms with Crippen LogP contribution in [0.1, 0.15) is 39.0 Å². The first-order chi connectivity index (χ1) is 6.69. The molecule has 0 unspecified atom stereocenters. The zero-order valence-electron chi connectivity index (χ0n) is 8.76. The number of esters is 1. The van der Waals surface area contributed by atoms with Crippen molar-refractivity contribution in [3.8, 4) is 0 Å². The van der Waals surface area contributed by atoms with E-state index in [0.29, 0.717) is 19.3 Å². The highest BCUT2D eigenvalue weighted by molar-refractivity contribution is 5.98. The summed E-state index contributed by atoms with van der Waals surface area (Å²) in [5, 5.41) is 0. The summed E-state index contributed by atoms with van der Waals surface area (Å²) < 4.78 is 4.56. The number of ether oxygens (including phenoxy) is 1. The minimum Gasteiger partial charge on any atom is -0.469 e. The van der Waals surface area contributed by atoms with Gasteiger partial charge in [-0.05, 0) is 24.8 Å². The van der Waals surface area contributed by atoms with Crippen molar-refractivity contribution in [1.82, 2.24) is 0 Å². The summed E-state index contributed by atoms with van der Waals surface area (Å²) in [5.41, 5.74) is 2.09. The maximum absolute atomic E-state index is 11.4. The quantitative estimate of drug-likeness (QED) is 0.646. The van der Waals surface area contributed by atoms with Gasteiger partial charge in [0.2, 0.25) is 0 Å². The van der Waals surface area contributed by atoms with Crippen LogP contribution < -0.4 is 0 Å². The van der Waals surface area contributed by atoms with E-state index in [-0.39, 0.29) is 11.8 Å². The monoisotopic (exact) mass is 196 g/mol. The number of rotatable bonds is 4. The Labute approximate surface area is 84.1 Å². The number of hydrogen-bond acceptors (Lipinski definition) is 3. The first-order valence-corrected chi connectivity index (χ1v) is 5.00. The zero-order valence-corrected chi connectivity index (χ0v) is 8.76. The van der Waals surface area contributed by atoms with Crippen molar-refractivity contribution in [2.24, 2.45) is 0 Å². The average molecular weight is 196 g/mol. The van der Waals surface area contributed by atoms with E-state index in [9.17, 15) is 9.59 Å². The van der Waals surface area contributed by atoms with E-state index in [0.717, 1.165) is 24.0 Å². The lowest BCUT2D eigenvalue weighted by molar-refractivity contribution is -0.140. The van der Waals surface area contributed by atoms with Crippen LogP contribution in [0.5, 0.6) is 0 Å². The Kier molecular flexibility index (Phi) is 3.86. The van der Waals surface area contributed by atoms with Gasteiger partial charge < -0.3 is 4.74 Å². The summed E-state index contributed by atoms with van der Waals surface area (Å²) in [6, 6.07) is 0. The maximum Gasteiger partial charge on any atom is 0.305 e. The van der Waals surface area contributed by atoms with E-state index in [4.69, 9.17) is 0 Å². The Morgan fingerprint density at radius 1 is 1.43 bits per heavy atom. The van der Waals surface area contributed by atoms with Gasteiger partial charge in [-0.2, -0.15) is 0 Å². The van der Waals surface area contributed by atoms with Gasteiger partial charge in [0.05, 0.1) is 7.11 Å². The lowest BCUT2D eigenvalue weighted by Crippen LogP contribution is -2.01. The van der Waals surface area contributed by atoms with Gasteiger partial charge in [-0.25, -0.2) is 0 Å². The highest BCUT2D eigenvalue weighted by Gasteiger charge is 2.21. The predicted octanol–water partition coefficient (Wildman–Crippen LogP) is 2.01. The van der Waals surface area contributed by atoms with Crippen LogP contribution in [0.2, 0.25) is 0 Å². The molecule has 1 rings (SSSR count). The topological polar surface area (TPSA) is 43.4 Å². The molecule has 0 atom stereocenters. The molecular formula is C11H16O3. The molecular weight excluding hydrogens is 180 g/mol. The summed E-state index contributed by atoms with van der Waals surface area (Å²) in [6.07, 6.45) is 3.32. The van der Waals surface area contributed by atoms with Crippen LogP contribution in [0.4, 0.5) is 0 Å². The normalized spacial score (nSPS) is 16.3. The Morgan fingerprint density at radius 2 is 2.14 bits per heavy atom. The molecule has 0 aromatic carbocycles. The summed E-state index contributed by atoms with van der Waals surface area (Å²) in [4.78, 5) is 22.3. The van der Waals surface area contributed by atoms with Crippen molar-refractivity contribution < 1.29 is 14.3 Å². The highest BCUT2D eigenvalue weighted by Crippen LogP contribution is 2.28. The van der Waals surface area contributed by atoms with Gasteiger partial charge in [0.1, 0.15) is 0 Å². The number of ketones is 1. The number of allylic oxidation sites excluding steroid dienone is 2. The molecule has 0 aromatic heterocycles. The second kappa shape index (κ2) is 4.94. The molecule has 0 spiro atoms. The minimum atomic E-state index is -0.202. The van der Waals surface area contributed by atoms with Crippen LogP contribution in [0.3, 0.4) is 0 Å². The Balaban J connectivity index is 2.55. The van der Waals surface area contributed by atoms with E-state index < -0.39 is 0 Å². The molecule has 1 aliphatic carbocycles. The number of hydrogen-bond donors (Lipinski definition) is 0. The fourth-order valence-corrected chi connectivity index (χ4v) is 1.84. The molecule has 0 fully saturated rings. The van der Waals surface area contributed by atoms with E-state index in [1.807, 2.05) is 6.92 Å². The van der Waals surface area contributed by atoms with Crippen LogP contribution in [-0.2, 0) is 14.3 Å². The molecule has 0 saturated carbocycles. The summed E-state index contributed by atoms with van der Waals surface area (Å²) in [5.74, 6) is 0.0552. The smallest absolute Gasteiger partial charge is 0.305 e. The molecule has 3 nitrogen and oxygen atoms in total. The van der Waals surface area contributed by atoms with Crippen molar-refractivity contribution >= 4 is 11.8 Å². The van der Waals surface area contributed by atoms with Crippen molar-refractivity contribution in [3.63, 3.8) is 0 Å². The molecule has 0 aromatic rings. The van der Waals surface area contributed by atoms with Gasteiger partial charge in [0.15, 0.2) is 5.78 Å². The van der Waals surface area contributed by atoms with Crippen LogP contribution in [-0.4, -0.2) is 18.9 Å². The lowest BCUT2D eigenvalue weighted by Gasteiger charge is -2.03. The van der Waals surface area contributed by atoms with Gasteiger partial charge >= 0.3 is 5.97 Å². The predicted molar refractivity (Wildman–Crippen MR) is 52.8 cm³/mol. The molecule has 0 bridgehead atoms. The molecule has 0 heterocycles. The highest BCUT2D eigenvalue weighted by atomic mass is 16.5. The first-order valence-electron chi connectivity index (χ1n) is 5.00. The van der Waals surface area contributed by atoms with E-state index in [1.54, 1.807) is 0 Å². The van der Waals surface area contributed by atoms with Crippen molar-refractivity contribution in [1.29, 1.82) is 0 Å². The zero-order chi connectivity index (χ0) is 10.6. The molecule has 0 saturated heterocycles. The lowest BCUT2D eigenvalue weighted by atomic mass is 10.0. The van der Waals surface area contributed by atoms with Crippen LogP contribution in [0.25, 0.3) is 0 Å². The second-order valence-electron chi connectivity index (χ2n) is 3.43. The fourth-order valence-electron chi connectivity index (χ4n) is 1.84. The van der Waals surface area contributed by atoms with Gasteiger partial charge in [-0.1, -0.05) is 12.5 Å². The molecule has 78 valence electrons. The van der Waals surface area contributed by atoms with Crippen molar-refractivity contribution in [3.05, 3.63) is 11.1 Å². The number of carbonyl (C=O) groups excluding carboxylic acids is 2. The van der Waals surface area contributed by atoms with Gasteiger partial charge in [-0.3, -0.25) is 9.59 Å². The third-order valence-electron chi connectivity index (χ3n) is 2.63. The maximum atomic E-state index is 11.4. The van der Waals surface area contributed by atoms with Gasteiger partial charge in [0, 0.05) is 12.8 Å². The minimum absolute atomic E-state index is 0.202. The van der Waals surface area contributed by atoms with E-state index in [2.05, 4.69) is 4.74 Å². The van der Waals surface area contributed by atoms with Gasteiger partial charge in [-0.15, -0.1) is 0 Å². The Bertz CT molecular complexity index is 276. The van der Waals surface area contributed by atoms with Gasteiger partial charge in [0.25, 0.3) is 0 Å². The largest absolute Gasteiger partial charge is 0.469 e. The molecule has 3 heteroatoms. The third-order valence-corrected chi connectivity index (χ3v) is 2.63. The summed E-state index contributed by atoms with van der Waals surface area (Å²) >= 11 is 0. The van der Waals surface area contributed by atoms with Crippen LogP contribution >= 0.6 is 0 Å². The third kappa shape index (κ3) is 2.44. The molecule has 0 N–H and O–H groups in total. The molecule has 0 aliphatic heterocycles. The summed E-state index contributed by atoms with van der Waals surface area (Å²) in [7, 11) is 1.39. The number of Topliss-reactive ketones (excluding diaryl/α,β-unsaturated/α-hetero) is 1. The average Bonchev–Trinajstić information content (AvgIpc) is 2.55. The van der Waals surface area contributed by atoms with Crippen LogP contribution in [0, 0.1) is 0 Å².